The molecular formula is C14H24FN3O. The number of aromatic nitrogens is 1. The van der Waals surface area contributed by atoms with Crippen LogP contribution in [-0.4, -0.2) is 35.3 Å². The highest BCUT2D eigenvalue weighted by Gasteiger charge is 2.18. The van der Waals surface area contributed by atoms with Crippen molar-refractivity contribution in [1.82, 2.24) is 10.3 Å². The number of aliphatic hydroxyl groups excluding tert-OH is 1. The molecule has 1 aromatic heterocycles. The Bertz CT molecular complexity index is 418. The maximum Gasteiger partial charge on any atom is 0.170 e. The minimum Gasteiger partial charge on any atom is -0.394 e. The molecule has 4 nitrogen and oxygen atoms in total. The lowest BCUT2D eigenvalue weighted by molar-refractivity contribution is 0.269. The first-order valence-corrected chi connectivity index (χ1v) is 6.48. The Morgan fingerprint density at radius 1 is 1.47 bits per heavy atom. The molecule has 0 amide bonds. The van der Waals surface area contributed by atoms with Crippen LogP contribution in [0, 0.1) is 5.82 Å². The monoisotopic (exact) mass is 269 g/mol. The van der Waals surface area contributed by atoms with Crippen LogP contribution in [0.4, 0.5) is 10.2 Å². The van der Waals surface area contributed by atoms with Crippen LogP contribution in [0.1, 0.15) is 33.3 Å². The topological polar surface area (TPSA) is 48.4 Å². The van der Waals surface area contributed by atoms with Crippen LogP contribution in [-0.2, 0) is 6.54 Å². The van der Waals surface area contributed by atoms with E-state index in [1.807, 2.05) is 27.7 Å². The third-order valence-corrected chi connectivity index (χ3v) is 3.02. The molecule has 19 heavy (non-hydrogen) atoms. The highest BCUT2D eigenvalue weighted by molar-refractivity contribution is 5.43. The van der Waals surface area contributed by atoms with E-state index in [9.17, 15) is 4.39 Å². The number of hydrogen-bond donors (Lipinski definition) is 2. The first-order chi connectivity index (χ1) is 8.76. The van der Waals surface area contributed by atoms with Gasteiger partial charge in [0.05, 0.1) is 12.6 Å². The van der Waals surface area contributed by atoms with Crippen LogP contribution in [0.5, 0.6) is 0 Å². The number of nitrogens with zero attached hydrogens (tertiary/aromatic N) is 2. The van der Waals surface area contributed by atoms with E-state index in [-0.39, 0.29) is 29.8 Å². The van der Waals surface area contributed by atoms with Gasteiger partial charge >= 0.3 is 0 Å². The van der Waals surface area contributed by atoms with Crippen molar-refractivity contribution in [2.45, 2.75) is 45.8 Å². The Kier molecular flexibility index (Phi) is 5.26. The fourth-order valence-corrected chi connectivity index (χ4v) is 1.55. The molecule has 1 unspecified atom stereocenters. The molecule has 0 saturated heterocycles. The third-order valence-electron chi connectivity index (χ3n) is 3.02. The summed E-state index contributed by atoms with van der Waals surface area (Å²) in [6.45, 7) is 8.34. The molecule has 108 valence electrons. The molecule has 0 aliphatic carbocycles. The SMILES string of the molecule is CC(CO)N(C)c1nccc(CNC(C)(C)C)c1F. The van der Waals surface area contributed by atoms with Crippen LogP contribution >= 0.6 is 0 Å². The van der Waals surface area contributed by atoms with Gasteiger partial charge in [0.15, 0.2) is 11.6 Å². The lowest BCUT2D eigenvalue weighted by Gasteiger charge is -2.26. The second-order valence-electron chi connectivity index (χ2n) is 5.85. The van der Waals surface area contributed by atoms with Crippen molar-refractivity contribution >= 4 is 5.82 Å². The van der Waals surface area contributed by atoms with Crippen LogP contribution in [0.2, 0.25) is 0 Å². The zero-order valence-corrected chi connectivity index (χ0v) is 12.4. The van der Waals surface area contributed by atoms with Crippen molar-refractivity contribution < 1.29 is 9.50 Å². The molecule has 0 spiro atoms. The summed E-state index contributed by atoms with van der Waals surface area (Å²) in [7, 11) is 1.73. The summed E-state index contributed by atoms with van der Waals surface area (Å²) in [5.74, 6) is -0.0585. The van der Waals surface area contributed by atoms with Gasteiger partial charge in [0.1, 0.15) is 0 Å². The van der Waals surface area contributed by atoms with E-state index in [0.29, 0.717) is 12.1 Å². The van der Waals surface area contributed by atoms with Gasteiger partial charge in [-0.25, -0.2) is 9.37 Å². The smallest absolute Gasteiger partial charge is 0.170 e. The van der Waals surface area contributed by atoms with Crippen molar-refractivity contribution in [1.29, 1.82) is 0 Å². The van der Waals surface area contributed by atoms with Gasteiger partial charge < -0.3 is 15.3 Å². The largest absolute Gasteiger partial charge is 0.394 e. The third kappa shape index (κ3) is 4.44. The highest BCUT2D eigenvalue weighted by Crippen LogP contribution is 2.20. The second-order valence-corrected chi connectivity index (χ2v) is 5.85. The number of anilines is 1. The van der Waals surface area contributed by atoms with Crippen LogP contribution in [0.15, 0.2) is 12.3 Å². The van der Waals surface area contributed by atoms with E-state index in [1.54, 1.807) is 24.2 Å². The van der Waals surface area contributed by atoms with Crippen molar-refractivity contribution in [2.24, 2.45) is 0 Å². The molecule has 0 saturated carbocycles. The van der Waals surface area contributed by atoms with Crippen molar-refractivity contribution in [2.75, 3.05) is 18.6 Å². The summed E-state index contributed by atoms with van der Waals surface area (Å²) in [5, 5.41) is 12.4. The summed E-state index contributed by atoms with van der Waals surface area (Å²) in [4.78, 5) is 5.71. The number of aliphatic hydroxyl groups is 1. The summed E-state index contributed by atoms with van der Waals surface area (Å²) < 4.78 is 14.4. The zero-order valence-electron chi connectivity index (χ0n) is 12.4. The van der Waals surface area contributed by atoms with E-state index in [4.69, 9.17) is 5.11 Å². The predicted molar refractivity (Wildman–Crippen MR) is 75.7 cm³/mol. The van der Waals surface area contributed by atoms with Crippen molar-refractivity contribution in [3.05, 3.63) is 23.6 Å². The average molecular weight is 269 g/mol. The first kappa shape index (κ1) is 15.9. The number of nitrogens with one attached hydrogen (secondary N) is 1. The minimum absolute atomic E-state index is 0.0396. The summed E-state index contributed by atoms with van der Waals surface area (Å²) >= 11 is 0. The quantitative estimate of drug-likeness (QED) is 0.857. The molecule has 1 heterocycles. The molecule has 2 N–H and O–H groups in total. The van der Waals surface area contributed by atoms with Gasteiger partial charge in [0.2, 0.25) is 0 Å². The Labute approximate surface area is 114 Å². The Morgan fingerprint density at radius 2 is 2.11 bits per heavy atom. The number of pyridine rings is 1. The fourth-order valence-electron chi connectivity index (χ4n) is 1.55. The maximum absolute atomic E-state index is 14.4. The van der Waals surface area contributed by atoms with E-state index in [2.05, 4.69) is 10.3 Å². The lowest BCUT2D eigenvalue weighted by atomic mass is 10.1. The van der Waals surface area contributed by atoms with Crippen LogP contribution in [0.25, 0.3) is 0 Å². The second kappa shape index (κ2) is 6.30. The number of halogens is 1. The molecule has 0 aromatic carbocycles. The molecule has 1 aromatic rings. The van der Waals surface area contributed by atoms with Gasteiger partial charge in [-0.05, 0) is 33.8 Å². The average Bonchev–Trinajstić information content (AvgIpc) is 2.34. The highest BCUT2D eigenvalue weighted by atomic mass is 19.1. The molecule has 0 aliphatic heterocycles. The molecule has 0 fully saturated rings. The van der Waals surface area contributed by atoms with E-state index in [0.717, 1.165) is 0 Å². The molecule has 5 heteroatoms. The van der Waals surface area contributed by atoms with E-state index >= 15 is 0 Å². The molecule has 0 radical (unpaired) electrons. The van der Waals surface area contributed by atoms with E-state index < -0.39 is 0 Å². The van der Waals surface area contributed by atoms with Gasteiger partial charge in [0, 0.05) is 30.9 Å². The lowest BCUT2D eigenvalue weighted by Crippen LogP contribution is -2.36. The molecule has 1 rings (SSSR count). The molecule has 0 bridgehead atoms. The number of hydrogen-bond acceptors (Lipinski definition) is 4. The predicted octanol–water partition coefficient (Wildman–Crippen LogP) is 1.93. The first-order valence-electron chi connectivity index (χ1n) is 6.48. The minimum atomic E-state index is -0.331. The molecular weight excluding hydrogens is 245 g/mol. The Balaban J connectivity index is 2.92. The normalized spacial score (nSPS) is 13.4. The van der Waals surface area contributed by atoms with Crippen molar-refractivity contribution in [3.8, 4) is 0 Å². The summed E-state index contributed by atoms with van der Waals surface area (Å²) in [6.07, 6.45) is 1.60. The van der Waals surface area contributed by atoms with Gasteiger partial charge in [-0.3, -0.25) is 0 Å². The standard InChI is InChI=1S/C14H24FN3O/c1-10(9-19)18(5)13-12(15)11(6-7-16-13)8-17-14(2,3)4/h6-7,10,17,19H,8-9H2,1-5H3. The van der Waals surface area contributed by atoms with Gasteiger partial charge in [0.25, 0.3) is 0 Å². The van der Waals surface area contributed by atoms with Crippen LogP contribution in [0.3, 0.4) is 0 Å². The summed E-state index contributed by atoms with van der Waals surface area (Å²) in [6, 6.07) is 1.50. The van der Waals surface area contributed by atoms with E-state index in [1.165, 1.54) is 0 Å². The fraction of sp³-hybridized carbons (Fsp3) is 0.643. The maximum atomic E-state index is 14.4. The Hall–Kier alpha value is -1.20. The zero-order chi connectivity index (χ0) is 14.6. The van der Waals surface area contributed by atoms with Gasteiger partial charge in [-0.15, -0.1) is 0 Å². The van der Waals surface area contributed by atoms with Crippen LogP contribution < -0.4 is 10.2 Å². The number of likely N-dealkylation sites (N-methyl/N-ethyl adjacent to an activating group) is 1. The summed E-state index contributed by atoms with van der Waals surface area (Å²) in [5.41, 5.74) is 0.511. The molecule has 1 atom stereocenters. The van der Waals surface area contributed by atoms with Gasteiger partial charge in [-0.1, -0.05) is 0 Å². The number of rotatable bonds is 5. The molecule has 0 aliphatic rings. The van der Waals surface area contributed by atoms with Crippen molar-refractivity contribution in [3.63, 3.8) is 0 Å². The Morgan fingerprint density at radius 3 is 2.63 bits per heavy atom. The van der Waals surface area contributed by atoms with Gasteiger partial charge in [-0.2, -0.15) is 0 Å².